The molecule has 0 fully saturated rings. The number of hydrogen-bond acceptors (Lipinski definition) is 6. The molecule has 0 radical (unpaired) electrons. The van der Waals surface area contributed by atoms with Gasteiger partial charge >= 0.3 is 0 Å². The minimum atomic E-state index is -0.595. The minimum absolute atomic E-state index is 0.00200. The van der Waals surface area contributed by atoms with Crippen molar-refractivity contribution in [1.29, 1.82) is 0 Å². The number of ether oxygens (including phenoxy) is 2. The number of nitrogens with zero attached hydrogens (tertiary/aromatic N) is 2. The highest BCUT2D eigenvalue weighted by Gasteiger charge is 2.20. The zero-order chi connectivity index (χ0) is 26.5. The van der Waals surface area contributed by atoms with Gasteiger partial charge in [-0.1, -0.05) is 44.2 Å². The number of methoxy groups -OCH3 is 2. The molecule has 0 atom stereocenters. The fraction of sp³-hybridized carbons (Fsp3) is 0.214. The van der Waals surface area contributed by atoms with Gasteiger partial charge in [-0.25, -0.2) is 0 Å². The van der Waals surface area contributed by atoms with Gasteiger partial charge < -0.3 is 20.1 Å². The summed E-state index contributed by atoms with van der Waals surface area (Å²) in [4.78, 5) is 38.9. The summed E-state index contributed by atoms with van der Waals surface area (Å²) in [6.45, 7) is 3.91. The van der Waals surface area contributed by atoms with Crippen molar-refractivity contribution >= 4 is 28.3 Å². The van der Waals surface area contributed by atoms with Gasteiger partial charge in [0.1, 0.15) is 17.2 Å². The first kappa shape index (κ1) is 25.4. The Morgan fingerprint density at radius 2 is 1.65 bits per heavy atom. The Morgan fingerprint density at radius 3 is 2.30 bits per heavy atom. The fourth-order valence-electron chi connectivity index (χ4n) is 3.88. The van der Waals surface area contributed by atoms with Crippen molar-refractivity contribution in [1.82, 2.24) is 15.1 Å². The number of carbonyl (C=O) groups excluding carboxylic acids is 2. The molecule has 190 valence electrons. The highest BCUT2D eigenvalue weighted by Crippen LogP contribution is 2.27. The molecule has 2 N–H and O–H groups in total. The summed E-state index contributed by atoms with van der Waals surface area (Å²) in [5, 5.41) is 10.4. The van der Waals surface area contributed by atoms with Crippen molar-refractivity contribution in [3.63, 3.8) is 0 Å². The molecule has 4 aromatic rings. The molecule has 0 aliphatic rings. The maximum Gasteiger partial charge on any atom is 0.279 e. The summed E-state index contributed by atoms with van der Waals surface area (Å²) < 4.78 is 11.8. The Kier molecular flexibility index (Phi) is 7.52. The third-order valence-corrected chi connectivity index (χ3v) is 5.91. The Morgan fingerprint density at radius 1 is 0.946 bits per heavy atom. The summed E-state index contributed by atoms with van der Waals surface area (Å²) in [7, 11) is 2.99. The third kappa shape index (κ3) is 5.45. The molecular weight excluding hydrogens is 472 g/mol. The van der Waals surface area contributed by atoms with Gasteiger partial charge in [0.2, 0.25) is 5.91 Å². The van der Waals surface area contributed by atoms with E-state index in [1.165, 1.54) is 14.2 Å². The monoisotopic (exact) mass is 500 g/mol. The number of benzene rings is 3. The van der Waals surface area contributed by atoms with Crippen LogP contribution in [0.2, 0.25) is 0 Å². The van der Waals surface area contributed by atoms with Crippen molar-refractivity contribution in [2.45, 2.75) is 19.8 Å². The molecule has 0 spiro atoms. The van der Waals surface area contributed by atoms with E-state index < -0.39 is 11.5 Å². The molecule has 0 saturated heterocycles. The van der Waals surface area contributed by atoms with Crippen LogP contribution in [0.25, 0.3) is 16.5 Å². The number of anilines is 1. The number of nitrogens with one attached hydrogen (secondary N) is 2. The molecule has 9 heteroatoms. The first-order chi connectivity index (χ1) is 17.8. The summed E-state index contributed by atoms with van der Waals surface area (Å²) in [5.41, 5.74) is 1.72. The number of fused-ring (bicyclic) bond motifs is 1. The Hall–Kier alpha value is -4.66. The minimum Gasteiger partial charge on any atom is -0.497 e. The van der Waals surface area contributed by atoms with Gasteiger partial charge in [-0.2, -0.15) is 9.78 Å². The summed E-state index contributed by atoms with van der Waals surface area (Å²) in [5.74, 6) is 0.283. The van der Waals surface area contributed by atoms with E-state index in [4.69, 9.17) is 9.47 Å². The average molecular weight is 501 g/mol. The van der Waals surface area contributed by atoms with E-state index >= 15 is 0 Å². The van der Waals surface area contributed by atoms with Gasteiger partial charge in [0, 0.05) is 17.1 Å². The lowest BCUT2D eigenvalue weighted by atomic mass is 10.0. The zero-order valence-electron chi connectivity index (χ0n) is 21.1. The molecule has 0 saturated carbocycles. The molecule has 4 rings (SSSR count). The van der Waals surface area contributed by atoms with E-state index in [0.29, 0.717) is 39.6 Å². The van der Waals surface area contributed by atoms with E-state index in [9.17, 15) is 14.4 Å². The zero-order valence-corrected chi connectivity index (χ0v) is 21.1. The Bertz CT molecular complexity index is 1510. The number of hydrogen-bond donors (Lipinski definition) is 2. The van der Waals surface area contributed by atoms with Gasteiger partial charge in [-0.3, -0.25) is 14.4 Å². The quantitative estimate of drug-likeness (QED) is 0.380. The van der Waals surface area contributed by atoms with E-state index in [1.54, 1.807) is 42.5 Å². The smallest absolute Gasteiger partial charge is 0.279 e. The SMILES string of the molecule is COc1ccc(-n2nc(C(=O)NCC(=O)Nc3ccc(C(C)C)cc3)c3ccccc3c2=O)c(OC)c1. The van der Waals surface area contributed by atoms with Gasteiger partial charge in [-0.15, -0.1) is 0 Å². The molecular formula is C28H28N4O5. The van der Waals surface area contributed by atoms with Crippen LogP contribution in [-0.2, 0) is 4.79 Å². The molecule has 0 aliphatic heterocycles. The largest absolute Gasteiger partial charge is 0.497 e. The average Bonchev–Trinajstić information content (AvgIpc) is 2.92. The summed E-state index contributed by atoms with van der Waals surface area (Å²) >= 11 is 0. The normalized spacial score (nSPS) is 10.8. The predicted molar refractivity (Wildman–Crippen MR) is 142 cm³/mol. The van der Waals surface area contributed by atoms with Crippen LogP contribution in [0.1, 0.15) is 35.8 Å². The Balaban J connectivity index is 1.61. The molecule has 1 aromatic heterocycles. The molecule has 0 bridgehead atoms. The first-order valence-electron chi connectivity index (χ1n) is 11.7. The maximum atomic E-state index is 13.3. The van der Waals surface area contributed by atoms with E-state index in [2.05, 4.69) is 29.6 Å². The first-order valence-corrected chi connectivity index (χ1v) is 11.7. The van der Waals surface area contributed by atoms with Crippen molar-refractivity contribution in [3.05, 3.63) is 88.3 Å². The van der Waals surface area contributed by atoms with E-state index in [1.807, 2.05) is 24.3 Å². The second-order valence-corrected chi connectivity index (χ2v) is 8.66. The van der Waals surface area contributed by atoms with Crippen LogP contribution >= 0.6 is 0 Å². The van der Waals surface area contributed by atoms with Gasteiger partial charge in [0.05, 0.1) is 26.2 Å². The predicted octanol–water partition coefficient (Wildman–Crippen LogP) is 3.89. The number of amides is 2. The molecule has 0 unspecified atom stereocenters. The highest BCUT2D eigenvalue weighted by atomic mass is 16.5. The van der Waals surface area contributed by atoms with Gasteiger partial charge in [0.25, 0.3) is 11.5 Å². The molecule has 3 aromatic carbocycles. The van der Waals surface area contributed by atoms with Crippen molar-refractivity contribution in [2.24, 2.45) is 0 Å². The van der Waals surface area contributed by atoms with Gasteiger partial charge in [-0.05, 0) is 41.8 Å². The summed E-state index contributed by atoms with van der Waals surface area (Å²) in [6.07, 6.45) is 0. The van der Waals surface area contributed by atoms with Gasteiger partial charge in [0.15, 0.2) is 5.69 Å². The maximum absolute atomic E-state index is 13.3. The summed E-state index contributed by atoms with van der Waals surface area (Å²) in [6, 6.07) is 19.1. The molecule has 1 heterocycles. The lowest BCUT2D eigenvalue weighted by Crippen LogP contribution is -2.35. The number of aromatic nitrogens is 2. The molecule has 37 heavy (non-hydrogen) atoms. The fourth-order valence-corrected chi connectivity index (χ4v) is 3.88. The van der Waals surface area contributed by atoms with Crippen molar-refractivity contribution < 1.29 is 19.1 Å². The third-order valence-electron chi connectivity index (χ3n) is 5.91. The van der Waals surface area contributed by atoms with Crippen LogP contribution in [-0.4, -0.2) is 42.4 Å². The Labute approximate surface area is 214 Å². The van der Waals surface area contributed by atoms with E-state index in [-0.39, 0.29) is 18.1 Å². The van der Waals surface area contributed by atoms with E-state index in [0.717, 1.165) is 10.2 Å². The van der Waals surface area contributed by atoms with Crippen LogP contribution in [0, 0.1) is 0 Å². The number of carbonyl (C=O) groups is 2. The molecule has 0 aliphatic carbocycles. The number of rotatable bonds is 8. The second-order valence-electron chi connectivity index (χ2n) is 8.66. The lowest BCUT2D eigenvalue weighted by Gasteiger charge is -2.14. The van der Waals surface area contributed by atoms with Crippen LogP contribution in [0.5, 0.6) is 11.5 Å². The van der Waals surface area contributed by atoms with Crippen LogP contribution in [0.4, 0.5) is 5.69 Å². The standard InChI is InChI=1S/C28H28N4O5/c1-17(2)18-9-11-19(12-10-18)30-25(33)16-29-27(34)26-21-7-5-6-8-22(21)28(35)32(31-26)23-14-13-20(36-3)15-24(23)37-4/h5-15,17H,16H2,1-4H3,(H,29,34)(H,30,33). The highest BCUT2D eigenvalue weighted by molar-refractivity contribution is 6.06. The van der Waals surface area contributed by atoms with Crippen molar-refractivity contribution in [3.8, 4) is 17.2 Å². The molecule has 2 amide bonds. The second kappa shape index (κ2) is 10.9. The van der Waals surface area contributed by atoms with Crippen LogP contribution in [0.3, 0.4) is 0 Å². The topological polar surface area (TPSA) is 112 Å². The molecule has 9 nitrogen and oxygen atoms in total. The van der Waals surface area contributed by atoms with Crippen molar-refractivity contribution in [2.75, 3.05) is 26.1 Å². The van der Waals surface area contributed by atoms with Crippen LogP contribution in [0.15, 0.2) is 71.5 Å². The van der Waals surface area contributed by atoms with Crippen LogP contribution < -0.4 is 25.7 Å². The lowest BCUT2D eigenvalue weighted by molar-refractivity contribution is -0.115.